The van der Waals surface area contributed by atoms with Gasteiger partial charge in [-0.3, -0.25) is 9.59 Å². The number of nitrogens with zero attached hydrogens (tertiary/aromatic N) is 2. The van der Waals surface area contributed by atoms with Crippen LogP contribution < -0.4 is 11.1 Å². The maximum absolute atomic E-state index is 13.0. The summed E-state index contributed by atoms with van der Waals surface area (Å²) in [6.45, 7) is 6.78. The highest BCUT2D eigenvalue weighted by molar-refractivity contribution is 5.93. The van der Waals surface area contributed by atoms with Crippen LogP contribution in [-0.4, -0.2) is 34.8 Å². The Labute approximate surface area is 197 Å². The Hall–Kier alpha value is -2.37. The molecule has 2 amide bonds. The molecule has 1 aromatic heterocycles. The van der Waals surface area contributed by atoms with Gasteiger partial charge in [0.05, 0.1) is 5.69 Å². The summed E-state index contributed by atoms with van der Waals surface area (Å²) >= 11 is 0. The first kappa shape index (κ1) is 22.4. The molecule has 33 heavy (non-hydrogen) atoms. The largest absolute Gasteiger partial charge is 0.382 e. The number of fused-ring (bicyclic) bond motifs is 5. The zero-order valence-corrected chi connectivity index (χ0v) is 20.4. The van der Waals surface area contributed by atoms with Crippen LogP contribution in [0.15, 0.2) is 24.4 Å². The van der Waals surface area contributed by atoms with Crippen molar-refractivity contribution in [2.75, 3.05) is 18.1 Å². The Morgan fingerprint density at radius 2 is 2.00 bits per heavy atom. The molecule has 6 nitrogen and oxygen atoms in total. The van der Waals surface area contributed by atoms with Crippen molar-refractivity contribution < 1.29 is 9.59 Å². The van der Waals surface area contributed by atoms with Crippen molar-refractivity contribution in [1.29, 1.82) is 0 Å². The summed E-state index contributed by atoms with van der Waals surface area (Å²) in [4.78, 5) is 31.4. The molecule has 0 spiro atoms. The lowest BCUT2D eigenvalue weighted by Gasteiger charge is -2.60. The quantitative estimate of drug-likeness (QED) is 0.707. The minimum absolute atomic E-state index is 0.0501. The van der Waals surface area contributed by atoms with Crippen LogP contribution in [0.1, 0.15) is 64.4 Å². The third-order valence-electron chi connectivity index (χ3n) is 10.1. The van der Waals surface area contributed by atoms with Gasteiger partial charge in [-0.1, -0.05) is 19.9 Å². The first-order valence-corrected chi connectivity index (χ1v) is 12.6. The lowest BCUT2D eigenvalue weighted by molar-refractivity contribution is -0.139. The van der Waals surface area contributed by atoms with Gasteiger partial charge >= 0.3 is 0 Å². The summed E-state index contributed by atoms with van der Waals surface area (Å²) in [5, 5.41) is 3.03. The van der Waals surface area contributed by atoms with Gasteiger partial charge in [-0.05, 0) is 92.2 Å². The number of likely N-dealkylation sites (N-methyl/N-ethyl adjacent to an activating group) is 1. The molecular formula is C27H38N4O2. The smallest absolute Gasteiger partial charge is 0.246 e. The minimum atomic E-state index is 0.0501. The molecule has 5 rings (SSSR count). The van der Waals surface area contributed by atoms with Crippen LogP contribution in [0.5, 0.6) is 0 Å². The summed E-state index contributed by atoms with van der Waals surface area (Å²) < 4.78 is 0. The van der Waals surface area contributed by atoms with Crippen molar-refractivity contribution in [3.63, 3.8) is 0 Å². The third kappa shape index (κ3) is 3.48. The zero-order chi connectivity index (χ0) is 23.5. The van der Waals surface area contributed by atoms with E-state index in [0.717, 1.165) is 18.4 Å². The molecule has 1 aromatic rings. The molecule has 0 radical (unpaired) electrons. The number of carbonyl (C=O) groups is 2. The summed E-state index contributed by atoms with van der Waals surface area (Å²) in [6, 6.07) is 2.21. The molecule has 3 saturated carbocycles. The summed E-state index contributed by atoms with van der Waals surface area (Å²) in [5.41, 5.74) is 7.86. The second kappa shape index (κ2) is 7.85. The predicted octanol–water partition coefficient (Wildman–Crippen LogP) is 4.56. The highest BCUT2D eigenvalue weighted by Gasteiger charge is 2.60. The zero-order valence-electron chi connectivity index (χ0n) is 20.4. The average Bonchev–Trinajstić information content (AvgIpc) is 3.10. The van der Waals surface area contributed by atoms with Gasteiger partial charge in [0.15, 0.2) is 0 Å². The molecule has 0 bridgehead atoms. The fourth-order valence-electron chi connectivity index (χ4n) is 8.29. The number of carbonyl (C=O) groups excluding carboxylic acids is 2. The van der Waals surface area contributed by atoms with E-state index < -0.39 is 0 Å². The lowest BCUT2D eigenvalue weighted by Crippen LogP contribution is -2.59. The molecule has 7 atom stereocenters. The molecule has 0 unspecified atom stereocenters. The number of hydrogen-bond acceptors (Lipinski definition) is 4. The number of anilines is 2. The third-order valence-corrected chi connectivity index (χ3v) is 10.1. The summed E-state index contributed by atoms with van der Waals surface area (Å²) in [5.74, 6) is 2.93. The van der Waals surface area contributed by atoms with Crippen molar-refractivity contribution >= 4 is 23.3 Å². The fourth-order valence-corrected chi connectivity index (χ4v) is 8.29. The van der Waals surface area contributed by atoms with Crippen molar-refractivity contribution in [2.24, 2.45) is 34.5 Å². The Kier molecular flexibility index (Phi) is 5.33. The van der Waals surface area contributed by atoms with E-state index >= 15 is 0 Å². The number of rotatable bonds is 3. The van der Waals surface area contributed by atoms with Crippen molar-refractivity contribution in [3.05, 3.63) is 30.0 Å². The van der Waals surface area contributed by atoms with Gasteiger partial charge in [-0.25, -0.2) is 4.98 Å². The first-order chi connectivity index (χ1) is 15.6. The maximum atomic E-state index is 13.0. The number of nitrogens with two attached hydrogens (primary N) is 1. The molecular weight excluding hydrogens is 412 g/mol. The van der Waals surface area contributed by atoms with Gasteiger partial charge in [0.1, 0.15) is 5.82 Å². The molecule has 6 heteroatoms. The van der Waals surface area contributed by atoms with E-state index in [9.17, 15) is 9.59 Å². The SMILES string of the molecule is Cc1cnc(N)c(NC(=O)C[C@H]2CC[C@H]3[C@@H]4CC[C@H]5N(C)C(=O)C=C[C@]5(C)[C@H]4CC[C@]23C)c1. The number of nitrogens with one attached hydrogen (secondary N) is 1. The number of pyridine rings is 1. The van der Waals surface area contributed by atoms with E-state index in [-0.39, 0.29) is 22.6 Å². The number of aryl methyl sites for hydroxylation is 1. The predicted molar refractivity (Wildman–Crippen MR) is 130 cm³/mol. The fraction of sp³-hybridized carbons (Fsp3) is 0.667. The Morgan fingerprint density at radius 1 is 1.21 bits per heavy atom. The van der Waals surface area contributed by atoms with E-state index in [2.05, 4.69) is 30.2 Å². The van der Waals surface area contributed by atoms with Gasteiger partial charge < -0.3 is 16.0 Å². The van der Waals surface area contributed by atoms with Crippen LogP contribution in [0, 0.1) is 41.4 Å². The van der Waals surface area contributed by atoms with E-state index in [4.69, 9.17) is 5.73 Å². The second-order valence-electron chi connectivity index (χ2n) is 11.6. The van der Waals surface area contributed by atoms with Crippen molar-refractivity contribution in [2.45, 2.75) is 71.8 Å². The van der Waals surface area contributed by atoms with Crippen LogP contribution >= 0.6 is 0 Å². The first-order valence-electron chi connectivity index (χ1n) is 12.6. The van der Waals surface area contributed by atoms with Crippen LogP contribution in [-0.2, 0) is 9.59 Å². The van der Waals surface area contributed by atoms with Crippen molar-refractivity contribution in [1.82, 2.24) is 9.88 Å². The van der Waals surface area contributed by atoms with Crippen LogP contribution in [0.4, 0.5) is 11.5 Å². The van der Waals surface area contributed by atoms with Crippen molar-refractivity contribution in [3.8, 4) is 0 Å². The van der Waals surface area contributed by atoms with Crippen LogP contribution in [0.3, 0.4) is 0 Å². The normalized spacial score (nSPS) is 39.6. The Balaban J connectivity index is 1.32. The van der Waals surface area contributed by atoms with E-state index in [1.807, 2.05) is 24.9 Å². The molecule has 2 heterocycles. The summed E-state index contributed by atoms with van der Waals surface area (Å²) in [6.07, 6.45) is 13.3. The van der Waals surface area contributed by atoms with Crippen LogP contribution in [0.2, 0.25) is 0 Å². The Morgan fingerprint density at radius 3 is 2.79 bits per heavy atom. The standard InChI is InChI=1S/C27H38N4O2/c1-16-13-21(25(28)29-15-16)30-23(32)14-17-5-7-19-18-6-8-22-27(3,12-10-24(33)31(22)4)20(18)9-11-26(17,19)2/h10,12-13,15,17-20,22H,5-9,11,14H2,1-4H3,(H2,28,29)(H,30,32)/t17-,18+,19+,20+,22-,26-,27-/m1/s1. The van der Waals surface area contributed by atoms with Crippen LogP contribution in [0.25, 0.3) is 0 Å². The van der Waals surface area contributed by atoms with Gasteiger partial charge in [0.2, 0.25) is 11.8 Å². The molecule has 3 N–H and O–H groups in total. The van der Waals surface area contributed by atoms with Gasteiger partial charge in [0.25, 0.3) is 0 Å². The highest BCUT2D eigenvalue weighted by atomic mass is 16.2. The number of amides is 2. The lowest BCUT2D eigenvalue weighted by atomic mass is 9.47. The molecule has 1 aliphatic heterocycles. The maximum Gasteiger partial charge on any atom is 0.246 e. The highest BCUT2D eigenvalue weighted by Crippen LogP contribution is 2.65. The number of nitrogen functional groups attached to an aromatic ring is 1. The van der Waals surface area contributed by atoms with E-state index in [1.54, 1.807) is 12.3 Å². The van der Waals surface area contributed by atoms with Gasteiger partial charge in [-0.2, -0.15) is 0 Å². The molecule has 3 aliphatic carbocycles. The van der Waals surface area contributed by atoms with Gasteiger partial charge in [-0.15, -0.1) is 0 Å². The second-order valence-corrected chi connectivity index (χ2v) is 11.6. The average molecular weight is 451 g/mol. The topological polar surface area (TPSA) is 88.3 Å². The minimum Gasteiger partial charge on any atom is -0.382 e. The molecule has 3 fully saturated rings. The number of aromatic nitrogens is 1. The van der Waals surface area contributed by atoms with Gasteiger partial charge in [0, 0.05) is 31.1 Å². The molecule has 0 aromatic carbocycles. The Bertz CT molecular complexity index is 1010. The monoisotopic (exact) mass is 450 g/mol. The van der Waals surface area contributed by atoms with E-state index in [1.165, 1.54) is 25.7 Å². The summed E-state index contributed by atoms with van der Waals surface area (Å²) in [7, 11) is 1.97. The molecule has 4 aliphatic rings. The number of hydrogen-bond donors (Lipinski definition) is 2. The molecule has 0 saturated heterocycles. The van der Waals surface area contributed by atoms with E-state index in [0.29, 0.717) is 47.6 Å². The molecule has 178 valence electrons.